The van der Waals surface area contributed by atoms with Gasteiger partial charge in [-0.3, -0.25) is 4.79 Å². The van der Waals surface area contributed by atoms with Gasteiger partial charge < -0.3 is 15.0 Å². The number of amides is 1. The van der Waals surface area contributed by atoms with Crippen LogP contribution in [-0.2, 0) is 21.4 Å². The Morgan fingerprint density at radius 1 is 1.14 bits per heavy atom. The highest BCUT2D eigenvalue weighted by molar-refractivity contribution is 7.88. The lowest BCUT2D eigenvalue weighted by molar-refractivity contribution is -0.123. The van der Waals surface area contributed by atoms with E-state index < -0.39 is 10.0 Å². The Morgan fingerprint density at radius 2 is 1.79 bits per heavy atom. The van der Waals surface area contributed by atoms with Crippen molar-refractivity contribution in [2.75, 3.05) is 46.1 Å². The SMILES string of the molecule is CN(Cc1ccc(OCC(=O)NCCCN2CCCCCC2)cc1)S(C)(=O)=O. The first kappa shape index (κ1) is 22.6. The zero-order valence-electron chi connectivity index (χ0n) is 17.0. The van der Waals surface area contributed by atoms with Gasteiger partial charge in [0.1, 0.15) is 5.75 Å². The molecule has 0 bridgehead atoms. The van der Waals surface area contributed by atoms with Crippen molar-refractivity contribution in [3.05, 3.63) is 29.8 Å². The second-order valence-corrected chi connectivity index (χ2v) is 9.50. The third kappa shape index (κ3) is 8.58. The third-order valence-electron chi connectivity index (χ3n) is 4.94. The van der Waals surface area contributed by atoms with Crippen LogP contribution in [0.3, 0.4) is 0 Å². The van der Waals surface area contributed by atoms with Gasteiger partial charge in [-0.25, -0.2) is 12.7 Å². The van der Waals surface area contributed by atoms with Crippen LogP contribution in [0.15, 0.2) is 24.3 Å². The van der Waals surface area contributed by atoms with Crippen LogP contribution in [0.25, 0.3) is 0 Å². The largest absolute Gasteiger partial charge is 0.484 e. The van der Waals surface area contributed by atoms with E-state index in [2.05, 4.69) is 10.2 Å². The molecule has 1 N–H and O–H groups in total. The van der Waals surface area contributed by atoms with E-state index in [1.54, 1.807) is 24.3 Å². The fourth-order valence-corrected chi connectivity index (χ4v) is 3.54. The van der Waals surface area contributed by atoms with Crippen LogP contribution >= 0.6 is 0 Å². The summed E-state index contributed by atoms with van der Waals surface area (Å²) in [6.45, 7) is 4.32. The minimum atomic E-state index is -3.21. The lowest BCUT2D eigenvalue weighted by atomic mass is 10.2. The standard InChI is InChI=1S/C20H33N3O4S/c1-22(28(2,25)26)16-18-8-10-19(11-9-18)27-17-20(24)21-12-7-15-23-13-5-3-4-6-14-23/h8-11H,3-7,12-17H2,1-2H3,(H,21,24). The molecule has 0 aliphatic carbocycles. The van der Waals surface area contributed by atoms with Gasteiger partial charge in [0, 0.05) is 20.1 Å². The summed E-state index contributed by atoms with van der Waals surface area (Å²) in [5.41, 5.74) is 0.859. The van der Waals surface area contributed by atoms with Crippen LogP contribution < -0.4 is 10.1 Å². The average molecular weight is 412 g/mol. The molecule has 0 saturated carbocycles. The van der Waals surface area contributed by atoms with Gasteiger partial charge in [-0.15, -0.1) is 0 Å². The molecule has 1 heterocycles. The molecule has 1 amide bonds. The minimum Gasteiger partial charge on any atom is -0.484 e. The van der Waals surface area contributed by atoms with Crippen molar-refractivity contribution in [2.45, 2.75) is 38.6 Å². The van der Waals surface area contributed by atoms with Crippen LogP contribution in [0.2, 0.25) is 0 Å². The van der Waals surface area contributed by atoms with Gasteiger partial charge in [0.05, 0.1) is 6.26 Å². The normalized spacial score (nSPS) is 16.0. The fraction of sp³-hybridized carbons (Fsp3) is 0.650. The number of rotatable bonds is 10. The maximum atomic E-state index is 11.9. The number of hydrogen-bond donors (Lipinski definition) is 1. The van der Waals surface area contributed by atoms with E-state index >= 15 is 0 Å². The van der Waals surface area contributed by atoms with Crippen molar-refractivity contribution in [3.8, 4) is 5.75 Å². The van der Waals surface area contributed by atoms with E-state index in [1.807, 2.05) is 0 Å². The Bertz CT molecular complexity index is 699. The predicted molar refractivity (Wildman–Crippen MR) is 111 cm³/mol. The van der Waals surface area contributed by atoms with Gasteiger partial charge in [0.15, 0.2) is 6.61 Å². The van der Waals surface area contributed by atoms with E-state index in [9.17, 15) is 13.2 Å². The van der Waals surface area contributed by atoms with Crippen molar-refractivity contribution in [1.82, 2.24) is 14.5 Å². The number of hydrogen-bond acceptors (Lipinski definition) is 5. The third-order valence-corrected chi connectivity index (χ3v) is 6.20. The summed E-state index contributed by atoms with van der Waals surface area (Å²) in [6, 6.07) is 7.10. The number of carbonyl (C=O) groups is 1. The first-order valence-electron chi connectivity index (χ1n) is 9.97. The first-order valence-corrected chi connectivity index (χ1v) is 11.8. The van der Waals surface area contributed by atoms with Crippen molar-refractivity contribution < 1.29 is 17.9 Å². The molecule has 158 valence electrons. The molecule has 8 heteroatoms. The summed E-state index contributed by atoms with van der Waals surface area (Å²) in [4.78, 5) is 14.4. The molecule has 1 aromatic rings. The zero-order chi connectivity index (χ0) is 20.4. The first-order chi connectivity index (χ1) is 13.3. The highest BCUT2D eigenvalue weighted by Gasteiger charge is 2.11. The fourth-order valence-electron chi connectivity index (χ4n) is 3.16. The van der Waals surface area contributed by atoms with Crippen molar-refractivity contribution in [2.24, 2.45) is 0 Å². The Balaban J connectivity index is 1.62. The topological polar surface area (TPSA) is 79.0 Å². The average Bonchev–Trinajstić information content (AvgIpc) is 2.93. The van der Waals surface area contributed by atoms with Crippen LogP contribution in [0.1, 0.15) is 37.7 Å². The monoisotopic (exact) mass is 411 g/mol. The van der Waals surface area contributed by atoms with Crippen LogP contribution in [0, 0.1) is 0 Å². The lowest BCUT2D eigenvalue weighted by Gasteiger charge is -2.19. The molecule has 0 aromatic heterocycles. The molecular formula is C20H33N3O4S. The highest BCUT2D eigenvalue weighted by atomic mass is 32.2. The molecule has 1 aliphatic rings. The molecule has 1 saturated heterocycles. The van der Waals surface area contributed by atoms with Crippen molar-refractivity contribution in [1.29, 1.82) is 0 Å². The highest BCUT2D eigenvalue weighted by Crippen LogP contribution is 2.14. The molecule has 0 spiro atoms. The number of likely N-dealkylation sites (tertiary alicyclic amines) is 1. The smallest absolute Gasteiger partial charge is 0.257 e. The predicted octanol–water partition coefficient (Wildman–Crippen LogP) is 1.84. The van der Waals surface area contributed by atoms with Gasteiger partial charge in [0.2, 0.25) is 10.0 Å². The summed E-state index contributed by atoms with van der Waals surface area (Å²) in [7, 11) is -1.67. The maximum Gasteiger partial charge on any atom is 0.257 e. The molecule has 2 rings (SSSR count). The number of nitrogens with one attached hydrogen (secondary N) is 1. The zero-order valence-corrected chi connectivity index (χ0v) is 17.8. The maximum absolute atomic E-state index is 11.9. The molecule has 0 unspecified atom stereocenters. The Hall–Kier alpha value is -1.64. The lowest BCUT2D eigenvalue weighted by Crippen LogP contribution is -2.33. The number of carbonyl (C=O) groups excluding carboxylic acids is 1. The van der Waals surface area contributed by atoms with E-state index in [0.29, 0.717) is 18.8 Å². The second-order valence-electron chi connectivity index (χ2n) is 7.41. The molecule has 0 atom stereocenters. The summed E-state index contributed by atoms with van der Waals surface area (Å²) in [5.74, 6) is 0.460. The summed E-state index contributed by atoms with van der Waals surface area (Å²) in [5, 5.41) is 2.90. The van der Waals surface area contributed by atoms with Crippen LogP contribution in [-0.4, -0.2) is 69.6 Å². The van der Waals surface area contributed by atoms with Crippen LogP contribution in [0.4, 0.5) is 0 Å². The minimum absolute atomic E-state index is 0.0215. The van der Waals surface area contributed by atoms with Crippen LogP contribution in [0.5, 0.6) is 5.75 Å². The Morgan fingerprint density at radius 3 is 2.39 bits per heavy atom. The Labute approximate surface area is 169 Å². The number of ether oxygens (including phenoxy) is 1. The van der Waals surface area contributed by atoms with Gasteiger partial charge in [-0.2, -0.15) is 0 Å². The van der Waals surface area contributed by atoms with Gasteiger partial charge in [-0.1, -0.05) is 25.0 Å². The molecular weight excluding hydrogens is 378 g/mol. The molecule has 28 heavy (non-hydrogen) atoms. The van der Waals surface area contributed by atoms with E-state index in [1.165, 1.54) is 56.4 Å². The van der Waals surface area contributed by atoms with Gasteiger partial charge >= 0.3 is 0 Å². The Kier molecular flexibility index (Phi) is 9.21. The van der Waals surface area contributed by atoms with Gasteiger partial charge in [0.25, 0.3) is 5.91 Å². The molecule has 0 radical (unpaired) electrons. The summed E-state index contributed by atoms with van der Waals surface area (Å²) >= 11 is 0. The van der Waals surface area contributed by atoms with E-state index in [4.69, 9.17) is 4.74 Å². The second kappa shape index (κ2) is 11.4. The van der Waals surface area contributed by atoms with Gasteiger partial charge in [-0.05, 0) is 56.6 Å². The summed E-state index contributed by atoms with van der Waals surface area (Å²) in [6.07, 6.45) is 7.36. The quantitative estimate of drug-likeness (QED) is 0.595. The summed E-state index contributed by atoms with van der Waals surface area (Å²) < 4.78 is 29.7. The number of nitrogens with zero attached hydrogens (tertiary/aromatic N) is 2. The molecule has 1 fully saturated rings. The number of sulfonamides is 1. The van der Waals surface area contributed by atoms with Crippen molar-refractivity contribution >= 4 is 15.9 Å². The molecule has 1 aliphatic heterocycles. The van der Waals surface area contributed by atoms with Crippen molar-refractivity contribution in [3.63, 3.8) is 0 Å². The number of benzene rings is 1. The molecule has 7 nitrogen and oxygen atoms in total. The molecule has 1 aromatic carbocycles. The van der Waals surface area contributed by atoms with E-state index in [-0.39, 0.29) is 12.5 Å². The van der Waals surface area contributed by atoms with E-state index in [0.717, 1.165) is 18.5 Å².